The van der Waals surface area contributed by atoms with Crippen LogP contribution in [0.15, 0.2) is 4.52 Å². The van der Waals surface area contributed by atoms with Gasteiger partial charge in [-0.2, -0.15) is 0 Å². The van der Waals surface area contributed by atoms with Gasteiger partial charge in [-0.1, -0.05) is 0 Å². The summed E-state index contributed by atoms with van der Waals surface area (Å²) >= 11 is 0. The molecule has 2 atom stereocenters. The molecule has 0 fully saturated rings. The predicted octanol–water partition coefficient (Wildman–Crippen LogP) is 9.28. The van der Waals surface area contributed by atoms with E-state index in [1.807, 2.05) is 111 Å². The summed E-state index contributed by atoms with van der Waals surface area (Å²) in [6.07, 6.45) is -2.64. The fourth-order valence-electron chi connectivity index (χ4n) is 3.26. The predicted molar refractivity (Wildman–Crippen MR) is 168 cm³/mol. The van der Waals surface area contributed by atoms with Gasteiger partial charge in [0, 0.05) is 0 Å². The van der Waals surface area contributed by atoms with Crippen LogP contribution in [0.1, 0.15) is 111 Å². The van der Waals surface area contributed by atoms with Gasteiger partial charge in [0.25, 0.3) is 0 Å². The van der Waals surface area contributed by atoms with Crippen LogP contribution < -0.4 is 4.86 Å². The molecule has 11 nitrogen and oxygen atoms in total. The average Bonchev–Trinajstić information content (AvgIpc) is 2.66. The molecule has 0 aliphatic heterocycles. The Hall–Kier alpha value is 1.12. The molecule has 0 heterocycles. The molecule has 0 aliphatic carbocycles. The molecule has 0 rings (SSSR count). The maximum absolute atomic E-state index is 6.87. The summed E-state index contributed by atoms with van der Waals surface area (Å²) in [6, 6.07) is 0. The molecule has 0 bridgehead atoms. The fraction of sp³-hybridized carbons (Fsp3) is 1.00. The van der Waals surface area contributed by atoms with Gasteiger partial charge in [-0.25, -0.2) is 0 Å². The van der Waals surface area contributed by atoms with E-state index < -0.39 is 42.1 Å². The quantitative estimate of drug-likeness (QED) is 0.102. The molecule has 0 aromatic carbocycles. The maximum atomic E-state index is 6.87. The first-order valence-corrected chi connectivity index (χ1v) is 19.1. The number of hydrogen-bond donors (Lipinski definition) is 1. The SMILES string of the molecule is CC(C)ON(P(NP)OC(C)C)P(N=P(OC(C)C)(OC(C)C)OC(C)C)(OC(C)C)(OC(C)C)OC(C)C. The van der Waals surface area contributed by atoms with Crippen molar-refractivity contribution in [2.75, 3.05) is 0 Å². The topological polar surface area (TPSA) is 101 Å². The summed E-state index contributed by atoms with van der Waals surface area (Å²) < 4.78 is 53.3. The normalized spacial score (nSPS) is 15.7. The standard InChI is InChI=1S/C24H59N3O8P4/c1-17(2)28-27(37(25-36)29-18(3)4)39(33-22(11)12,34-23(13)14,35-24(15)16)26-38(30-19(5)6,31-20(7)8)32-21(9)10/h17-25H,36H2,1-16H3. The Morgan fingerprint density at radius 2 is 0.949 bits per heavy atom. The second kappa shape index (κ2) is 17.4. The van der Waals surface area contributed by atoms with Gasteiger partial charge in [0.2, 0.25) is 0 Å². The first-order chi connectivity index (χ1) is 17.7. The average molecular weight is 642 g/mol. The van der Waals surface area contributed by atoms with Crippen LogP contribution in [0, 0.1) is 0 Å². The van der Waals surface area contributed by atoms with Crippen molar-refractivity contribution in [3.8, 4) is 0 Å². The molecule has 0 aromatic heterocycles. The third-order valence-corrected chi connectivity index (χ3v) is 14.1. The van der Waals surface area contributed by atoms with Gasteiger partial charge >= 0.3 is 243 Å². The first kappa shape index (κ1) is 40.1. The minimum absolute atomic E-state index is 0.174. The molecule has 0 radical (unpaired) electrons. The van der Waals surface area contributed by atoms with Gasteiger partial charge in [0.1, 0.15) is 0 Å². The van der Waals surface area contributed by atoms with E-state index in [0.717, 1.165) is 0 Å². The Morgan fingerprint density at radius 1 is 0.590 bits per heavy atom. The second-order valence-electron chi connectivity index (χ2n) is 11.2. The van der Waals surface area contributed by atoms with E-state index in [-0.39, 0.29) is 30.5 Å². The Morgan fingerprint density at radius 3 is 1.18 bits per heavy atom. The van der Waals surface area contributed by atoms with E-state index in [1.165, 1.54) is 4.60 Å². The Bertz CT molecular complexity index is 692. The van der Waals surface area contributed by atoms with Crippen molar-refractivity contribution in [2.24, 2.45) is 4.52 Å². The van der Waals surface area contributed by atoms with Crippen LogP contribution in [-0.4, -0.2) is 53.4 Å². The number of rotatable bonds is 20. The van der Waals surface area contributed by atoms with Crippen molar-refractivity contribution in [2.45, 2.75) is 160 Å². The summed E-state index contributed by atoms with van der Waals surface area (Å²) in [6.45, 7) is 30.5. The number of nitrogens with zero attached hydrogens (tertiary/aromatic N) is 2. The van der Waals surface area contributed by atoms with Gasteiger partial charge in [-0.3, -0.25) is 0 Å². The molecule has 2 unspecified atom stereocenters. The van der Waals surface area contributed by atoms with Crippen molar-refractivity contribution in [1.29, 1.82) is 0 Å². The summed E-state index contributed by atoms with van der Waals surface area (Å²) in [5.74, 6) is 0. The Kier molecular flexibility index (Phi) is 17.9. The van der Waals surface area contributed by atoms with Gasteiger partial charge in [0.15, 0.2) is 0 Å². The molecule has 0 aromatic rings. The minimum atomic E-state index is -5.01. The van der Waals surface area contributed by atoms with Crippen LogP contribution in [0.2, 0.25) is 0 Å². The molecule has 0 saturated carbocycles. The summed E-state index contributed by atoms with van der Waals surface area (Å²) in [5, 5.41) is 0. The fourth-order valence-corrected chi connectivity index (χ4v) is 14.4. The van der Waals surface area contributed by atoms with Crippen molar-refractivity contribution in [3.63, 3.8) is 0 Å². The molecule has 0 aliphatic rings. The number of hydrogen-bond acceptors (Lipinski definition) is 11. The van der Waals surface area contributed by atoms with E-state index in [0.29, 0.717) is 0 Å². The van der Waals surface area contributed by atoms with E-state index in [1.54, 1.807) is 0 Å². The molecule has 238 valence electrons. The molecular weight excluding hydrogens is 582 g/mol. The van der Waals surface area contributed by atoms with Crippen LogP contribution in [0.25, 0.3) is 0 Å². The van der Waals surface area contributed by atoms with E-state index >= 15 is 0 Å². The zero-order valence-electron chi connectivity index (χ0n) is 27.2. The molecule has 1 N–H and O–H groups in total. The van der Waals surface area contributed by atoms with Gasteiger partial charge in [-0.05, 0) is 0 Å². The molecule has 0 saturated heterocycles. The summed E-state index contributed by atoms with van der Waals surface area (Å²) in [7, 11) is -7.86. The zero-order valence-corrected chi connectivity index (χ0v) is 31.0. The first-order valence-electron chi connectivity index (χ1n) is 13.9. The monoisotopic (exact) mass is 641 g/mol. The van der Waals surface area contributed by atoms with Crippen LogP contribution in [0.4, 0.5) is 0 Å². The molecular formula is C24H59N3O8P4. The van der Waals surface area contributed by atoms with Crippen molar-refractivity contribution < 1.29 is 36.5 Å². The van der Waals surface area contributed by atoms with E-state index in [2.05, 4.69) is 14.2 Å². The van der Waals surface area contributed by atoms with Crippen LogP contribution >= 0.6 is 33.2 Å². The zero-order chi connectivity index (χ0) is 30.8. The van der Waals surface area contributed by atoms with Crippen molar-refractivity contribution in [1.82, 2.24) is 9.46 Å². The Balaban J connectivity index is 8.41. The van der Waals surface area contributed by atoms with Crippen LogP contribution in [0.3, 0.4) is 0 Å². The molecule has 15 heteroatoms. The second-order valence-corrected chi connectivity index (χ2v) is 18.6. The third kappa shape index (κ3) is 13.5. The van der Waals surface area contributed by atoms with Crippen molar-refractivity contribution >= 4 is 33.2 Å². The number of nitrogens with one attached hydrogen (secondary N) is 1. The summed E-state index contributed by atoms with van der Waals surface area (Å²) in [4.78, 5) is 9.72. The third-order valence-electron chi connectivity index (χ3n) is 3.63. The molecule has 0 spiro atoms. The van der Waals surface area contributed by atoms with E-state index in [4.69, 9.17) is 41.0 Å². The molecule has 0 amide bonds. The van der Waals surface area contributed by atoms with Crippen LogP contribution in [-0.2, 0) is 36.5 Å². The Labute approximate surface area is 243 Å². The van der Waals surface area contributed by atoms with Gasteiger partial charge in [0.05, 0.1) is 0 Å². The van der Waals surface area contributed by atoms with Crippen LogP contribution in [0.5, 0.6) is 0 Å². The van der Waals surface area contributed by atoms with Gasteiger partial charge in [-0.15, -0.1) is 0 Å². The van der Waals surface area contributed by atoms with Crippen molar-refractivity contribution in [3.05, 3.63) is 0 Å². The van der Waals surface area contributed by atoms with E-state index in [9.17, 15) is 0 Å². The summed E-state index contributed by atoms with van der Waals surface area (Å²) in [5.41, 5.74) is 0. The van der Waals surface area contributed by atoms with Gasteiger partial charge < -0.3 is 0 Å². The molecule has 39 heavy (non-hydrogen) atoms.